The van der Waals surface area contributed by atoms with Crippen LogP contribution in [0, 0.1) is 0 Å². The van der Waals surface area contributed by atoms with E-state index in [4.69, 9.17) is 11.6 Å². The lowest BCUT2D eigenvalue weighted by Gasteiger charge is -2.15. The lowest BCUT2D eigenvalue weighted by molar-refractivity contribution is 0.102. The molecule has 2 atom stereocenters. The Morgan fingerprint density at radius 1 is 0.702 bits per heavy atom. The van der Waals surface area contributed by atoms with Gasteiger partial charge in [0, 0.05) is 22.3 Å². The Balaban J connectivity index is 1.42. The van der Waals surface area contributed by atoms with Crippen LogP contribution in [0.1, 0.15) is 10.4 Å². The molecule has 6 rings (SSSR count). The maximum Gasteiger partial charge on any atom is 0.296 e. The highest BCUT2D eigenvalue weighted by Crippen LogP contribution is 2.45. The van der Waals surface area contributed by atoms with Crippen molar-refractivity contribution in [1.82, 2.24) is 15.0 Å². The molecule has 0 aliphatic carbocycles. The number of nitrogens with one attached hydrogen (secondary N) is 3. The summed E-state index contributed by atoms with van der Waals surface area (Å²) in [6.45, 7) is 0. The molecule has 0 fully saturated rings. The molecule has 20 nitrogen and oxygen atoms in total. The molecule has 0 bridgehead atoms. The predicted octanol–water partition coefficient (Wildman–Crippen LogP) is 6.19. The number of hydrogen-bond acceptors (Lipinski definition) is 15. The minimum absolute atomic E-state index is 0.00692. The van der Waals surface area contributed by atoms with Gasteiger partial charge in [-0.05, 0) is 89.8 Å². The van der Waals surface area contributed by atoms with Crippen LogP contribution in [0.3, 0.4) is 0 Å². The van der Waals surface area contributed by atoms with Crippen LogP contribution in [0.5, 0.6) is 5.75 Å². The SMILES string of the molecule is O=C(Nc1cc(S(=O)O)cc2cc(S(=O)(=O)O)c(N=Nc3cc(Nc4nc(Cl)nc(Nc5ccc(S(=O)O)cc5)n4)ccc3S(=O)(=O)O)c(O)c12)c1ccccc1. The van der Waals surface area contributed by atoms with Gasteiger partial charge < -0.3 is 30.2 Å². The number of carbonyl (C=O) groups excluding carboxylic acids is 1. The van der Waals surface area contributed by atoms with E-state index in [1.165, 1.54) is 36.4 Å². The molecular formula is C32H23ClN8O12S4. The molecule has 1 heterocycles. The number of phenolic OH excluding ortho intramolecular Hbond substituents is 1. The number of aromatic nitrogens is 3. The quantitative estimate of drug-likeness (QED) is 0.0386. The number of halogens is 1. The second-order valence-corrected chi connectivity index (χ2v) is 16.4. The highest BCUT2D eigenvalue weighted by molar-refractivity contribution is 7.86. The first-order chi connectivity index (χ1) is 26.9. The van der Waals surface area contributed by atoms with E-state index in [9.17, 15) is 53.4 Å². The van der Waals surface area contributed by atoms with Crippen molar-refractivity contribution in [3.05, 3.63) is 102 Å². The zero-order valence-electron chi connectivity index (χ0n) is 28.0. The van der Waals surface area contributed by atoms with Gasteiger partial charge >= 0.3 is 0 Å². The summed E-state index contributed by atoms with van der Waals surface area (Å²) < 4.78 is 112. The van der Waals surface area contributed by atoms with E-state index >= 15 is 0 Å². The summed E-state index contributed by atoms with van der Waals surface area (Å²) in [4.78, 5) is 23.0. The smallest absolute Gasteiger partial charge is 0.296 e. The lowest BCUT2D eigenvalue weighted by atomic mass is 10.1. The number of azo groups is 1. The second kappa shape index (κ2) is 16.3. The fourth-order valence-electron chi connectivity index (χ4n) is 5.11. The summed E-state index contributed by atoms with van der Waals surface area (Å²) in [5.74, 6) is -2.06. The van der Waals surface area contributed by atoms with Crippen LogP contribution in [0.25, 0.3) is 10.8 Å². The van der Waals surface area contributed by atoms with Crippen molar-refractivity contribution in [2.45, 2.75) is 19.6 Å². The molecule has 8 N–H and O–H groups in total. The Morgan fingerprint density at radius 3 is 1.89 bits per heavy atom. The van der Waals surface area contributed by atoms with Crippen LogP contribution in [-0.2, 0) is 42.4 Å². The van der Waals surface area contributed by atoms with E-state index in [0.29, 0.717) is 5.69 Å². The predicted molar refractivity (Wildman–Crippen MR) is 206 cm³/mol. The minimum Gasteiger partial charge on any atom is -0.505 e. The third-order valence-electron chi connectivity index (χ3n) is 7.56. The fraction of sp³-hybridized carbons (Fsp3) is 0. The van der Waals surface area contributed by atoms with E-state index in [1.807, 2.05) is 0 Å². The summed E-state index contributed by atoms with van der Waals surface area (Å²) in [5.41, 5.74) is -1.37. The summed E-state index contributed by atoms with van der Waals surface area (Å²) in [5, 5.41) is 26.2. The number of amides is 1. The van der Waals surface area contributed by atoms with Crippen molar-refractivity contribution in [2.24, 2.45) is 10.2 Å². The van der Waals surface area contributed by atoms with Gasteiger partial charge in [0.15, 0.2) is 27.9 Å². The maximum absolute atomic E-state index is 13.1. The number of carbonyl (C=O) groups is 1. The average Bonchev–Trinajstić information content (AvgIpc) is 3.13. The van der Waals surface area contributed by atoms with E-state index in [0.717, 1.165) is 36.4 Å². The van der Waals surface area contributed by atoms with Gasteiger partial charge in [0.2, 0.25) is 17.2 Å². The van der Waals surface area contributed by atoms with Crippen LogP contribution in [0.15, 0.2) is 121 Å². The van der Waals surface area contributed by atoms with Crippen LogP contribution in [-0.4, -0.2) is 69.4 Å². The number of aromatic hydroxyl groups is 1. The van der Waals surface area contributed by atoms with Gasteiger partial charge in [-0.15, -0.1) is 10.2 Å². The highest BCUT2D eigenvalue weighted by atomic mass is 35.5. The molecule has 0 radical (unpaired) electrons. The molecule has 0 spiro atoms. The lowest BCUT2D eigenvalue weighted by Crippen LogP contribution is -2.12. The zero-order chi connectivity index (χ0) is 41.2. The zero-order valence-corrected chi connectivity index (χ0v) is 32.0. The maximum atomic E-state index is 13.1. The van der Waals surface area contributed by atoms with Gasteiger partial charge in [0.05, 0.1) is 15.5 Å². The van der Waals surface area contributed by atoms with Crippen LogP contribution in [0.2, 0.25) is 5.28 Å². The standard InChI is InChI=1S/C32H23ClN8O12S4/c33-30-37-31(34-18-6-9-20(10-7-18)54(44)45)39-32(38-30)35-19-8-11-24(56(48,49)50)22(14-19)40-41-27-25(57(51,52)53)13-17-12-21(55(46)47)15-23(26(17)28(27)42)36-29(43)16-4-2-1-3-5-16/h1-15,42H,(H,36,43)(H,44,45)(H,46,47)(H,48,49,50)(H,51,52,53)(H2,34,35,37,38,39). The largest absolute Gasteiger partial charge is 0.505 e. The first kappa shape index (κ1) is 40.8. The number of benzene rings is 5. The van der Waals surface area contributed by atoms with Gasteiger partial charge in [-0.25, -0.2) is 8.42 Å². The molecule has 6 aromatic rings. The van der Waals surface area contributed by atoms with Crippen molar-refractivity contribution in [2.75, 3.05) is 16.0 Å². The molecule has 294 valence electrons. The Labute approximate surface area is 331 Å². The number of rotatable bonds is 12. The molecule has 1 aromatic heterocycles. The van der Waals surface area contributed by atoms with Crippen molar-refractivity contribution in [3.63, 3.8) is 0 Å². The molecule has 0 aliphatic rings. The number of nitrogens with zero attached hydrogens (tertiary/aromatic N) is 5. The third-order valence-corrected chi connectivity index (χ3v) is 10.8. The number of anilines is 5. The molecule has 0 aliphatic heterocycles. The van der Waals surface area contributed by atoms with Crippen molar-refractivity contribution in [1.29, 1.82) is 0 Å². The summed E-state index contributed by atoms with van der Waals surface area (Å²) in [6, 6.07) is 19.2. The molecule has 57 heavy (non-hydrogen) atoms. The number of phenols is 1. The normalized spacial score (nSPS) is 13.0. The molecule has 5 aromatic carbocycles. The van der Waals surface area contributed by atoms with Gasteiger partial charge in [-0.3, -0.25) is 13.9 Å². The summed E-state index contributed by atoms with van der Waals surface area (Å²) >= 11 is 1.19. The van der Waals surface area contributed by atoms with E-state index in [2.05, 4.69) is 41.1 Å². The molecule has 0 saturated carbocycles. The van der Waals surface area contributed by atoms with Gasteiger partial charge in [-0.2, -0.15) is 31.8 Å². The summed E-state index contributed by atoms with van der Waals surface area (Å²) in [6.07, 6.45) is 0. The minimum atomic E-state index is -5.27. The highest BCUT2D eigenvalue weighted by Gasteiger charge is 2.26. The topological polar surface area (TPSA) is 320 Å². The van der Waals surface area contributed by atoms with Gasteiger partial charge in [0.25, 0.3) is 26.1 Å². The van der Waals surface area contributed by atoms with E-state index in [1.54, 1.807) is 18.2 Å². The van der Waals surface area contributed by atoms with Crippen molar-refractivity contribution >= 4 is 111 Å². The molecule has 2 unspecified atom stereocenters. The van der Waals surface area contributed by atoms with Crippen LogP contribution >= 0.6 is 11.6 Å². The number of fused-ring (bicyclic) bond motifs is 1. The molecule has 25 heteroatoms. The molecule has 1 amide bonds. The monoisotopic (exact) mass is 874 g/mol. The first-order valence-electron chi connectivity index (χ1n) is 15.4. The van der Waals surface area contributed by atoms with E-state index in [-0.39, 0.29) is 54.7 Å². The Kier molecular flexibility index (Phi) is 11.7. The number of hydrogen-bond donors (Lipinski definition) is 8. The van der Waals surface area contributed by atoms with Gasteiger partial charge in [-0.1, -0.05) is 18.2 Å². The third kappa shape index (κ3) is 9.59. The van der Waals surface area contributed by atoms with Crippen molar-refractivity contribution in [3.8, 4) is 5.75 Å². The average molecular weight is 875 g/mol. The summed E-state index contributed by atoms with van der Waals surface area (Å²) in [7, 11) is -10.3. The van der Waals surface area contributed by atoms with Crippen molar-refractivity contribution < 1.29 is 53.4 Å². The Hall–Kier alpha value is -5.83. The Morgan fingerprint density at radius 2 is 1.30 bits per heavy atom. The second-order valence-electron chi connectivity index (χ2n) is 11.3. The molecule has 0 saturated heterocycles. The van der Waals surface area contributed by atoms with Crippen LogP contribution < -0.4 is 16.0 Å². The fourth-order valence-corrected chi connectivity index (χ4v) is 7.34. The van der Waals surface area contributed by atoms with Crippen LogP contribution in [0.4, 0.5) is 40.3 Å². The Bertz CT molecular complexity index is 2890. The van der Waals surface area contributed by atoms with E-state index < -0.39 is 75.2 Å². The first-order valence-corrected chi connectivity index (χ1v) is 20.8. The van der Waals surface area contributed by atoms with Gasteiger partial charge in [0.1, 0.15) is 21.2 Å². The molecular weight excluding hydrogens is 852 g/mol.